The average molecular weight is 473 g/mol. The molecule has 0 aliphatic heterocycles. The van der Waals surface area contributed by atoms with Crippen molar-refractivity contribution in [2.24, 2.45) is 0 Å². The van der Waals surface area contributed by atoms with Gasteiger partial charge in [0.25, 0.3) is 11.6 Å². The number of nitro groups is 1. The highest BCUT2D eigenvalue weighted by atomic mass is 32.2. The highest BCUT2D eigenvalue weighted by molar-refractivity contribution is 7.98. The van der Waals surface area contributed by atoms with Crippen LogP contribution in [-0.4, -0.2) is 52.8 Å². The lowest BCUT2D eigenvalue weighted by Crippen LogP contribution is -2.47. The fourth-order valence-corrected chi connectivity index (χ4v) is 3.62. The van der Waals surface area contributed by atoms with Gasteiger partial charge in [0, 0.05) is 36.8 Å². The third kappa shape index (κ3) is 8.18. The molecule has 0 saturated carbocycles. The Labute approximate surface area is 199 Å². The summed E-state index contributed by atoms with van der Waals surface area (Å²) in [5, 5.41) is 16.7. The Kier molecular flexibility index (Phi) is 10.3. The van der Waals surface area contributed by atoms with Gasteiger partial charge in [0.1, 0.15) is 6.04 Å². The van der Waals surface area contributed by atoms with E-state index in [0.717, 1.165) is 17.7 Å². The molecule has 0 fully saturated rings. The van der Waals surface area contributed by atoms with Crippen LogP contribution >= 0.6 is 11.8 Å². The molecule has 1 atom stereocenters. The summed E-state index contributed by atoms with van der Waals surface area (Å²) in [6, 6.07) is 13.1. The summed E-state index contributed by atoms with van der Waals surface area (Å²) in [6.45, 7) is 5.38. The molecular weight excluding hydrogens is 440 g/mol. The molecule has 178 valence electrons. The number of benzene rings is 2. The fraction of sp³-hybridized carbons (Fsp3) is 0.417. The lowest BCUT2D eigenvalue weighted by atomic mass is 10.1. The number of hydrogen-bond acceptors (Lipinski definition) is 6. The third-order valence-corrected chi connectivity index (χ3v) is 6.07. The van der Waals surface area contributed by atoms with E-state index in [1.54, 1.807) is 11.8 Å². The van der Waals surface area contributed by atoms with E-state index < -0.39 is 16.9 Å². The van der Waals surface area contributed by atoms with E-state index in [1.807, 2.05) is 24.5 Å². The van der Waals surface area contributed by atoms with Crippen molar-refractivity contribution in [1.82, 2.24) is 15.5 Å². The molecule has 2 aromatic rings. The molecule has 0 spiro atoms. The predicted octanol–water partition coefficient (Wildman–Crippen LogP) is 3.60. The van der Waals surface area contributed by atoms with E-state index in [2.05, 4.69) is 42.5 Å². The maximum atomic E-state index is 13.0. The average Bonchev–Trinajstić information content (AvgIpc) is 2.80. The Morgan fingerprint density at radius 3 is 2.45 bits per heavy atom. The standard InChI is InChI=1S/C24H32N4O4S/c1-17(2)27(3)16-20-9-6-5-8-19(20)15-25-24(30)22(12-13-33-4)26-23(29)18-10-7-11-21(14-18)28(31)32/h5-11,14,17,22H,12-13,15-16H2,1-4H3,(H,25,30)(H,26,29). The number of nitrogens with one attached hydrogen (secondary N) is 2. The monoisotopic (exact) mass is 472 g/mol. The molecule has 9 heteroatoms. The quantitative estimate of drug-likeness (QED) is 0.361. The number of amides is 2. The zero-order chi connectivity index (χ0) is 24.4. The molecule has 2 aromatic carbocycles. The third-order valence-electron chi connectivity index (χ3n) is 5.42. The number of nitrogens with zero attached hydrogens (tertiary/aromatic N) is 2. The van der Waals surface area contributed by atoms with Gasteiger partial charge in [-0.1, -0.05) is 30.3 Å². The van der Waals surface area contributed by atoms with Crippen LogP contribution < -0.4 is 10.6 Å². The van der Waals surface area contributed by atoms with Crippen LogP contribution in [0.3, 0.4) is 0 Å². The first-order chi connectivity index (χ1) is 15.7. The van der Waals surface area contributed by atoms with Crippen LogP contribution in [0, 0.1) is 10.1 Å². The molecule has 0 aliphatic rings. The smallest absolute Gasteiger partial charge is 0.270 e. The Morgan fingerprint density at radius 2 is 1.82 bits per heavy atom. The molecule has 2 N–H and O–H groups in total. The second-order valence-electron chi connectivity index (χ2n) is 8.11. The number of carbonyl (C=O) groups is 2. The van der Waals surface area contributed by atoms with Gasteiger partial charge in [0.15, 0.2) is 0 Å². The van der Waals surface area contributed by atoms with E-state index >= 15 is 0 Å². The maximum Gasteiger partial charge on any atom is 0.270 e. The van der Waals surface area contributed by atoms with Gasteiger partial charge >= 0.3 is 0 Å². The summed E-state index contributed by atoms with van der Waals surface area (Å²) in [5.74, 6) is -0.114. The number of rotatable bonds is 12. The van der Waals surface area contributed by atoms with Gasteiger partial charge in [-0.2, -0.15) is 11.8 Å². The summed E-state index contributed by atoms with van der Waals surface area (Å²) < 4.78 is 0. The Morgan fingerprint density at radius 1 is 1.12 bits per heavy atom. The van der Waals surface area contributed by atoms with E-state index in [4.69, 9.17) is 0 Å². The van der Waals surface area contributed by atoms with E-state index in [9.17, 15) is 19.7 Å². The molecule has 0 radical (unpaired) electrons. The lowest BCUT2D eigenvalue weighted by molar-refractivity contribution is -0.384. The van der Waals surface area contributed by atoms with Crippen molar-refractivity contribution in [3.05, 3.63) is 75.3 Å². The highest BCUT2D eigenvalue weighted by Gasteiger charge is 2.22. The van der Waals surface area contributed by atoms with Crippen molar-refractivity contribution < 1.29 is 14.5 Å². The molecule has 0 saturated heterocycles. The minimum Gasteiger partial charge on any atom is -0.350 e. The first-order valence-electron chi connectivity index (χ1n) is 10.8. The number of carbonyl (C=O) groups excluding carboxylic acids is 2. The molecule has 0 aromatic heterocycles. The van der Waals surface area contributed by atoms with Gasteiger partial charge in [-0.15, -0.1) is 0 Å². The van der Waals surface area contributed by atoms with E-state index in [0.29, 0.717) is 24.8 Å². The van der Waals surface area contributed by atoms with Gasteiger partial charge in [0.05, 0.1) is 4.92 Å². The SMILES string of the molecule is CSCCC(NC(=O)c1cccc([N+](=O)[O-])c1)C(=O)NCc1ccccc1CN(C)C(C)C. The van der Waals surface area contributed by atoms with Crippen LogP contribution in [-0.2, 0) is 17.9 Å². The Bertz CT molecular complexity index is 967. The number of hydrogen-bond donors (Lipinski definition) is 2. The summed E-state index contributed by atoms with van der Waals surface area (Å²) in [5.41, 5.74) is 2.13. The summed E-state index contributed by atoms with van der Waals surface area (Å²) in [6.07, 6.45) is 2.38. The summed E-state index contributed by atoms with van der Waals surface area (Å²) in [4.78, 5) is 38.3. The largest absolute Gasteiger partial charge is 0.350 e. The number of non-ortho nitro benzene ring substituents is 1. The normalized spacial score (nSPS) is 11.9. The van der Waals surface area contributed by atoms with Gasteiger partial charge in [-0.3, -0.25) is 24.6 Å². The molecule has 0 aliphatic carbocycles. The van der Waals surface area contributed by atoms with E-state index in [1.165, 1.54) is 24.3 Å². The van der Waals surface area contributed by atoms with Gasteiger partial charge in [-0.05, 0) is 56.5 Å². The molecule has 33 heavy (non-hydrogen) atoms. The van der Waals surface area contributed by atoms with E-state index in [-0.39, 0.29) is 17.2 Å². The maximum absolute atomic E-state index is 13.0. The van der Waals surface area contributed by atoms with Crippen LogP contribution in [0.25, 0.3) is 0 Å². The van der Waals surface area contributed by atoms with Gasteiger partial charge in [0.2, 0.25) is 5.91 Å². The second kappa shape index (κ2) is 13.0. The van der Waals surface area contributed by atoms with Crippen molar-refractivity contribution >= 4 is 29.3 Å². The first kappa shape index (κ1) is 26.3. The molecule has 2 rings (SSSR count). The molecule has 8 nitrogen and oxygen atoms in total. The molecule has 0 heterocycles. The van der Waals surface area contributed by atoms with Crippen LogP contribution in [0.15, 0.2) is 48.5 Å². The van der Waals surface area contributed by atoms with Gasteiger partial charge in [-0.25, -0.2) is 0 Å². The second-order valence-corrected chi connectivity index (χ2v) is 9.10. The van der Waals surface area contributed by atoms with Crippen molar-refractivity contribution in [2.75, 3.05) is 19.1 Å². The lowest BCUT2D eigenvalue weighted by Gasteiger charge is -2.23. The van der Waals surface area contributed by atoms with Crippen molar-refractivity contribution in [1.29, 1.82) is 0 Å². The van der Waals surface area contributed by atoms with Crippen LogP contribution in [0.5, 0.6) is 0 Å². The van der Waals surface area contributed by atoms with Crippen LogP contribution in [0.2, 0.25) is 0 Å². The minimum absolute atomic E-state index is 0.146. The van der Waals surface area contributed by atoms with Crippen molar-refractivity contribution in [3.63, 3.8) is 0 Å². The Balaban J connectivity index is 2.08. The number of nitro benzene ring substituents is 1. The molecule has 2 amide bonds. The van der Waals surface area contributed by atoms with Crippen molar-refractivity contribution in [2.45, 2.75) is 45.4 Å². The number of thioether (sulfide) groups is 1. The molecule has 1 unspecified atom stereocenters. The fourth-order valence-electron chi connectivity index (χ4n) is 3.15. The van der Waals surface area contributed by atoms with Gasteiger partial charge < -0.3 is 10.6 Å². The minimum atomic E-state index is -0.741. The molecule has 0 bridgehead atoms. The first-order valence-corrected chi connectivity index (χ1v) is 12.2. The summed E-state index contributed by atoms with van der Waals surface area (Å²) >= 11 is 1.58. The summed E-state index contributed by atoms with van der Waals surface area (Å²) in [7, 11) is 2.06. The Hall–Kier alpha value is -2.91. The zero-order valence-electron chi connectivity index (χ0n) is 19.5. The van der Waals surface area contributed by atoms with Crippen molar-refractivity contribution in [3.8, 4) is 0 Å². The van der Waals surface area contributed by atoms with Crippen LogP contribution in [0.1, 0.15) is 41.8 Å². The highest BCUT2D eigenvalue weighted by Crippen LogP contribution is 2.15. The van der Waals surface area contributed by atoms with Crippen LogP contribution in [0.4, 0.5) is 5.69 Å². The molecular formula is C24H32N4O4S. The zero-order valence-corrected chi connectivity index (χ0v) is 20.4. The predicted molar refractivity (Wildman–Crippen MR) is 132 cm³/mol. The topological polar surface area (TPSA) is 105 Å².